The molecule has 0 bridgehead atoms. The van der Waals surface area contributed by atoms with Crippen molar-refractivity contribution in [3.05, 3.63) is 127 Å². The number of nitrogens with one attached hydrogen (secondary N) is 3. The summed E-state index contributed by atoms with van der Waals surface area (Å²) in [7, 11) is 1.54. The number of hydrogen-bond acceptors (Lipinski definition) is 6. The second-order valence-electron chi connectivity index (χ2n) is 12.8. The summed E-state index contributed by atoms with van der Waals surface area (Å²) in [5, 5.41) is 23.0. The molecule has 0 spiro atoms. The van der Waals surface area contributed by atoms with Crippen molar-refractivity contribution < 1.29 is 19.4 Å². The number of aromatic nitrogens is 3. The molecule has 4 N–H and O–H groups in total. The van der Waals surface area contributed by atoms with E-state index in [4.69, 9.17) is 27.9 Å². The number of aryl methyl sites for hydroxylation is 2. The van der Waals surface area contributed by atoms with Crippen LogP contribution in [0, 0.1) is 13.8 Å². The number of aromatic hydroxyl groups is 1. The Kier molecular flexibility index (Phi) is 10.6. The minimum absolute atomic E-state index is 0.0600. The summed E-state index contributed by atoms with van der Waals surface area (Å²) in [6.45, 7) is 9.91. The van der Waals surface area contributed by atoms with Crippen LogP contribution in [-0.4, -0.2) is 38.4 Å². The summed E-state index contributed by atoms with van der Waals surface area (Å²) < 4.78 is 9.09. The molecule has 0 aliphatic carbocycles. The fourth-order valence-electron chi connectivity index (χ4n) is 5.24. The number of nitrogens with zero attached hydrogens (tertiary/aromatic N) is 3. The van der Waals surface area contributed by atoms with Gasteiger partial charge >= 0.3 is 6.03 Å². The fraction of sp³-hybridized carbons (Fsp3) is 0.243. The molecule has 0 unspecified atom stereocenters. The number of phenolic OH excluding ortho intramolecular Hbond substituents is 1. The molecule has 13 heteroatoms. The van der Waals surface area contributed by atoms with E-state index in [1.54, 1.807) is 61.1 Å². The van der Waals surface area contributed by atoms with Gasteiger partial charge in [-0.3, -0.25) is 19.5 Å². The zero-order chi connectivity index (χ0) is 36.3. The number of ether oxygens (including phenoxy) is 1. The molecule has 0 fully saturated rings. The number of carbonyl (C=O) groups is 2. The molecule has 0 aliphatic rings. The maximum atomic E-state index is 13.5. The van der Waals surface area contributed by atoms with Gasteiger partial charge in [-0.05, 0) is 60.9 Å². The Hall–Kier alpha value is -5.26. The third kappa shape index (κ3) is 7.79. The number of benzene rings is 3. The van der Waals surface area contributed by atoms with E-state index in [1.165, 1.54) is 10.6 Å². The highest BCUT2D eigenvalue weighted by atomic mass is 35.5. The summed E-state index contributed by atoms with van der Waals surface area (Å²) in [6.07, 6.45) is 0. The van der Waals surface area contributed by atoms with Gasteiger partial charge in [0.05, 0.1) is 22.1 Å². The van der Waals surface area contributed by atoms with E-state index in [2.05, 4.69) is 21.0 Å². The first kappa shape index (κ1) is 36.0. The Morgan fingerprint density at radius 1 is 0.960 bits per heavy atom. The van der Waals surface area contributed by atoms with Crippen LogP contribution >= 0.6 is 23.2 Å². The molecule has 0 atom stereocenters. The first-order valence-corrected chi connectivity index (χ1v) is 16.5. The van der Waals surface area contributed by atoms with E-state index in [0.717, 1.165) is 22.4 Å². The van der Waals surface area contributed by atoms with Crippen molar-refractivity contribution >= 4 is 41.0 Å². The first-order chi connectivity index (χ1) is 23.7. The molecule has 50 heavy (non-hydrogen) atoms. The Morgan fingerprint density at radius 3 is 2.36 bits per heavy atom. The van der Waals surface area contributed by atoms with Gasteiger partial charge in [-0.1, -0.05) is 74.3 Å². The Labute approximate surface area is 299 Å². The highest BCUT2D eigenvalue weighted by molar-refractivity contribution is 6.32. The van der Waals surface area contributed by atoms with E-state index in [0.29, 0.717) is 28.5 Å². The van der Waals surface area contributed by atoms with Crippen molar-refractivity contribution in [3.63, 3.8) is 0 Å². The third-order valence-corrected chi connectivity index (χ3v) is 8.73. The lowest BCUT2D eigenvalue weighted by atomic mass is 9.92. The minimum Gasteiger partial charge on any atom is -0.506 e. The number of rotatable bonds is 9. The standard InChI is InChI=1S/C37H38Cl2N6O5/c1-21-11-12-23(34(47)40-6)16-28(21)44-22(2)15-30(33(39)35(44)48)50-20-25-10-8-7-9-24(25)19-41-36(49)42-32-18-31(37(3,4)5)43-45(32)26-13-14-29(46)27(38)17-26/h7-18,46H,19-20H2,1-6H3,(H,40,47)(H2,41,42,49). The molecule has 2 heterocycles. The molecular formula is C37H38Cl2N6O5. The highest BCUT2D eigenvalue weighted by Crippen LogP contribution is 2.30. The topological polar surface area (TPSA) is 140 Å². The van der Waals surface area contributed by atoms with Gasteiger partial charge in [0.15, 0.2) is 0 Å². The van der Waals surface area contributed by atoms with E-state index < -0.39 is 11.6 Å². The molecular weight excluding hydrogens is 679 g/mol. The predicted octanol–water partition coefficient (Wildman–Crippen LogP) is 7.21. The van der Waals surface area contributed by atoms with Crippen LogP contribution in [0.3, 0.4) is 0 Å². The van der Waals surface area contributed by atoms with Crippen molar-refractivity contribution in [2.45, 2.75) is 53.2 Å². The van der Waals surface area contributed by atoms with Gasteiger partial charge in [0.1, 0.15) is 28.9 Å². The van der Waals surface area contributed by atoms with Gasteiger partial charge in [0.25, 0.3) is 11.5 Å². The molecule has 260 valence electrons. The van der Waals surface area contributed by atoms with Crippen LogP contribution in [0.5, 0.6) is 11.5 Å². The zero-order valence-corrected chi connectivity index (χ0v) is 30.0. The van der Waals surface area contributed by atoms with E-state index in [9.17, 15) is 19.5 Å². The minimum atomic E-state index is -0.478. The monoisotopic (exact) mass is 716 g/mol. The molecule has 0 aliphatic heterocycles. The second-order valence-corrected chi connectivity index (χ2v) is 13.5. The van der Waals surface area contributed by atoms with Crippen molar-refractivity contribution in [2.24, 2.45) is 0 Å². The van der Waals surface area contributed by atoms with Gasteiger partial charge in [0, 0.05) is 42.4 Å². The van der Waals surface area contributed by atoms with E-state index in [1.807, 2.05) is 52.0 Å². The average molecular weight is 718 g/mol. The van der Waals surface area contributed by atoms with Crippen LogP contribution in [0.1, 0.15) is 59.2 Å². The van der Waals surface area contributed by atoms with Crippen LogP contribution in [0.2, 0.25) is 10.0 Å². The van der Waals surface area contributed by atoms with Crippen molar-refractivity contribution in [2.75, 3.05) is 12.4 Å². The Balaban J connectivity index is 1.31. The maximum Gasteiger partial charge on any atom is 0.320 e. The number of amides is 3. The lowest BCUT2D eigenvalue weighted by Crippen LogP contribution is -2.29. The molecule has 2 aromatic heterocycles. The molecule has 3 aromatic carbocycles. The maximum absolute atomic E-state index is 13.5. The van der Waals surface area contributed by atoms with Gasteiger partial charge in [-0.25, -0.2) is 9.48 Å². The summed E-state index contributed by atoms with van der Waals surface area (Å²) >= 11 is 12.7. The Morgan fingerprint density at radius 2 is 1.68 bits per heavy atom. The summed E-state index contributed by atoms with van der Waals surface area (Å²) in [5.41, 5.74) is 4.42. The Bertz CT molecular complexity index is 2150. The third-order valence-electron chi connectivity index (χ3n) is 8.08. The number of urea groups is 1. The number of carbonyl (C=O) groups excluding carboxylic acids is 2. The van der Waals surface area contributed by atoms with Gasteiger partial charge in [-0.2, -0.15) is 5.10 Å². The molecule has 11 nitrogen and oxygen atoms in total. The van der Waals surface area contributed by atoms with Gasteiger partial charge in [-0.15, -0.1) is 0 Å². The smallest absolute Gasteiger partial charge is 0.320 e. The lowest BCUT2D eigenvalue weighted by Gasteiger charge is -2.17. The quantitative estimate of drug-likeness (QED) is 0.127. The molecule has 0 saturated heterocycles. The number of halogens is 2. The van der Waals surface area contributed by atoms with Crippen LogP contribution in [-0.2, 0) is 18.6 Å². The van der Waals surface area contributed by atoms with Crippen molar-refractivity contribution in [1.82, 2.24) is 25.0 Å². The predicted molar refractivity (Wildman–Crippen MR) is 195 cm³/mol. The summed E-state index contributed by atoms with van der Waals surface area (Å²) in [4.78, 5) is 38.9. The average Bonchev–Trinajstić information content (AvgIpc) is 3.51. The molecule has 3 amide bonds. The number of anilines is 1. The molecule has 0 radical (unpaired) electrons. The summed E-state index contributed by atoms with van der Waals surface area (Å²) in [6, 6.07) is 20.3. The normalized spacial score (nSPS) is 11.3. The van der Waals surface area contributed by atoms with Crippen molar-refractivity contribution in [3.8, 4) is 22.9 Å². The van der Waals surface area contributed by atoms with Gasteiger partial charge < -0.3 is 20.5 Å². The van der Waals surface area contributed by atoms with Crippen LogP contribution in [0.15, 0.2) is 77.6 Å². The lowest BCUT2D eigenvalue weighted by molar-refractivity contribution is 0.0963. The SMILES string of the molecule is CNC(=O)c1ccc(C)c(-n2c(C)cc(OCc3ccccc3CNC(=O)Nc3cc(C(C)(C)C)nn3-c3ccc(O)c(Cl)c3)c(Cl)c2=O)c1. The van der Waals surface area contributed by atoms with Crippen LogP contribution < -0.4 is 26.2 Å². The largest absolute Gasteiger partial charge is 0.506 e. The molecule has 5 rings (SSSR count). The highest BCUT2D eigenvalue weighted by Gasteiger charge is 2.22. The van der Waals surface area contributed by atoms with Crippen molar-refractivity contribution in [1.29, 1.82) is 0 Å². The second kappa shape index (κ2) is 14.7. The molecule has 0 saturated carbocycles. The number of phenols is 1. The van der Waals surface area contributed by atoms with Gasteiger partial charge in [0.2, 0.25) is 0 Å². The van der Waals surface area contributed by atoms with E-state index >= 15 is 0 Å². The number of pyridine rings is 1. The molecule has 5 aromatic rings. The van der Waals surface area contributed by atoms with Crippen LogP contribution in [0.25, 0.3) is 11.4 Å². The fourth-order valence-corrected chi connectivity index (χ4v) is 5.61. The zero-order valence-electron chi connectivity index (χ0n) is 28.5. The number of hydrogen-bond donors (Lipinski definition) is 4. The first-order valence-electron chi connectivity index (χ1n) is 15.8. The van der Waals surface area contributed by atoms with E-state index in [-0.39, 0.29) is 46.0 Å². The van der Waals surface area contributed by atoms with Crippen LogP contribution in [0.4, 0.5) is 10.6 Å². The summed E-state index contributed by atoms with van der Waals surface area (Å²) in [5.74, 6) is 0.300.